The predicted octanol–water partition coefficient (Wildman–Crippen LogP) is 2.65. The standard InChI is InChI=1S/C15H26N2O3/c1-10(2)7-11(14(18)19-6)16-9-13-17-8-12(20-13)15(3,4)5/h8,10-11,16H,7,9H2,1-6H3. The summed E-state index contributed by atoms with van der Waals surface area (Å²) in [7, 11) is 1.40. The third kappa shape index (κ3) is 4.96. The zero-order valence-corrected chi connectivity index (χ0v) is 13.3. The molecule has 1 heterocycles. The molecule has 0 saturated carbocycles. The molecule has 1 N–H and O–H groups in total. The number of oxazole rings is 1. The number of nitrogens with zero attached hydrogens (tertiary/aromatic N) is 1. The van der Waals surface area contributed by atoms with E-state index in [1.54, 1.807) is 6.20 Å². The largest absolute Gasteiger partial charge is 0.468 e. The first-order valence-corrected chi connectivity index (χ1v) is 7.00. The van der Waals surface area contributed by atoms with Crippen molar-refractivity contribution in [2.45, 2.75) is 59.0 Å². The van der Waals surface area contributed by atoms with Crippen LogP contribution in [0.3, 0.4) is 0 Å². The van der Waals surface area contributed by atoms with Gasteiger partial charge >= 0.3 is 5.97 Å². The van der Waals surface area contributed by atoms with Gasteiger partial charge in [-0.1, -0.05) is 34.6 Å². The fourth-order valence-electron chi connectivity index (χ4n) is 1.83. The zero-order valence-electron chi connectivity index (χ0n) is 13.3. The maximum absolute atomic E-state index is 11.7. The van der Waals surface area contributed by atoms with Crippen molar-refractivity contribution in [1.82, 2.24) is 10.3 Å². The molecule has 0 spiro atoms. The predicted molar refractivity (Wildman–Crippen MR) is 77.3 cm³/mol. The Morgan fingerprint density at radius 2 is 2.10 bits per heavy atom. The van der Waals surface area contributed by atoms with Crippen LogP contribution >= 0.6 is 0 Å². The lowest BCUT2D eigenvalue weighted by atomic mass is 9.94. The fourth-order valence-corrected chi connectivity index (χ4v) is 1.83. The van der Waals surface area contributed by atoms with Gasteiger partial charge in [0.2, 0.25) is 5.89 Å². The number of aromatic nitrogens is 1. The lowest BCUT2D eigenvalue weighted by Crippen LogP contribution is -2.38. The third-order valence-corrected chi connectivity index (χ3v) is 2.99. The van der Waals surface area contributed by atoms with E-state index in [1.165, 1.54) is 7.11 Å². The molecule has 0 bridgehead atoms. The highest BCUT2D eigenvalue weighted by Crippen LogP contribution is 2.22. The Morgan fingerprint density at radius 1 is 1.45 bits per heavy atom. The van der Waals surface area contributed by atoms with Gasteiger partial charge in [-0.05, 0) is 12.3 Å². The van der Waals surface area contributed by atoms with Crippen LogP contribution in [0.15, 0.2) is 10.6 Å². The molecule has 1 rings (SSSR count). The van der Waals surface area contributed by atoms with Gasteiger partial charge in [-0.15, -0.1) is 0 Å². The molecular weight excluding hydrogens is 256 g/mol. The van der Waals surface area contributed by atoms with Crippen LogP contribution in [0.4, 0.5) is 0 Å². The summed E-state index contributed by atoms with van der Waals surface area (Å²) < 4.78 is 10.5. The summed E-state index contributed by atoms with van der Waals surface area (Å²) in [6.07, 6.45) is 2.46. The van der Waals surface area contributed by atoms with Crippen LogP contribution < -0.4 is 5.32 Å². The van der Waals surface area contributed by atoms with Gasteiger partial charge in [0.1, 0.15) is 11.8 Å². The molecule has 0 aliphatic heterocycles. The molecule has 5 heteroatoms. The second kappa shape index (κ2) is 6.88. The fraction of sp³-hybridized carbons (Fsp3) is 0.733. The molecule has 0 aromatic carbocycles. The van der Waals surface area contributed by atoms with Gasteiger partial charge in [0.15, 0.2) is 0 Å². The zero-order chi connectivity index (χ0) is 15.3. The van der Waals surface area contributed by atoms with Crippen LogP contribution in [0.25, 0.3) is 0 Å². The van der Waals surface area contributed by atoms with E-state index in [4.69, 9.17) is 9.15 Å². The van der Waals surface area contributed by atoms with Gasteiger partial charge in [-0.25, -0.2) is 4.98 Å². The van der Waals surface area contributed by atoms with E-state index in [-0.39, 0.29) is 17.4 Å². The van der Waals surface area contributed by atoms with Gasteiger partial charge in [0.05, 0.1) is 19.9 Å². The highest BCUT2D eigenvalue weighted by molar-refractivity contribution is 5.75. The van der Waals surface area contributed by atoms with Crippen molar-refractivity contribution < 1.29 is 13.9 Å². The van der Waals surface area contributed by atoms with Crippen molar-refractivity contribution >= 4 is 5.97 Å². The summed E-state index contributed by atoms with van der Waals surface area (Å²) in [5.74, 6) is 1.59. The Labute approximate surface area is 121 Å². The molecule has 20 heavy (non-hydrogen) atoms. The van der Waals surface area contributed by atoms with Crippen molar-refractivity contribution in [2.24, 2.45) is 5.92 Å². The van der Waals surface area contributed by atoms with Crippen LogP contribution in [0.5, 0.6) is 0 Å². The summed E-state index contributed by atoms with van der Waals surface area (Å²) in [6, 6.07) is -0.329. The van der Waals surface area contributed by atoms with Crippen molar-refractivity contribution in [3.63, 3.8) is 0 Å². The first-order chi connectivity index (χ1) is 9.24. The normalized spacial score (nSPS) is 13.6. The molecule has 0 fully saturated rings. The average Bonchev–Trinajstić information content (AvgIpc) is 2.81. The maximum atomic E-state index is 11.7. The Hall–Kier alpha value is -1.36. The molecule has 0 aliphatic carbocycles. The highest BCUT2D eigenvalue weighted by atomic mass is 16.5. The number of methoxy groups -OCH3 is 1. The van der Waals surface area contributed by atoms with Crippen molar-refractivity contribution in [2.75, 3.05) is 7.11 Å². The number of carbonyl (C=O) groups excluding carboxylic acids is 1. The lowest BCUT2D eigenvalue weighted by molar-refractivity contribution is -0.143. The highest BCUT2D eigenvalue weighted by Gasteiger charge is 2.22. The number of nitrogens with one attached hydrogen (secondary N) is 1. The molecule has 0 radical (unpaired) electrons. The van der Waals surface area contributed by atoms with Crippen LogP contribution in [0.2, 0.25) is 0 Å². The van der Waals surface area contributed by atoms with E-state index in [0.29, 0.717) is 18.4 Å². The van der Waals surface area contributed by atoms with Gasteiger partial charge in [0, 0.05) is 5.41 Å². The van der Waals surface area contributed by atoms with Crippen LogP contribution in [-0.2, 0) is 21.5 Å². The summed E-state index contributed by atoms with van der Waals surface area (Å²) in [6.45, 7) is 10.8. The molecule has 1 aromatic heterocycles. The molecule has 0 aliphatic rings. The van der Waals surface area contributed by atoms with E-state index in [9.17, 15) is 4.79 Å². The minimum atomic E-state index is -0.329. The molecular formula is C15H26N2O3. The van der Waals surface area contributed by atoms with Crippen LogP contribution in [0.1, 0.15) is 52.7 Å². The van der Waals surface area contributed by atoms with E-state index in [2.05, 4.69) is 44.9 Å². The van der Waals surface area contributed by atoms with E-state index >= 15 is 0 Å². The second-order valence-corrected chi connectivity index (χ2v) is 6.45. The molecule has 1 unspecified atom stereocenters. The quantitative estimate of drug-likeness (QED) is 0.813. The number of hydrogen-bond donors (Lipinski definition) is 1. The number of ether oxygens (including phenoxy) is 1. The minimum absolute atomic E-state index is 0.0646. The SMILES string of the molecule is COC(=O)C(CC(C)C)NCc1ncc(C(C)(C)C)o1. The number of carbonyl (C=O) groups is 1. The first kappa shape index (κ1) is 16.7. The second-order valence-electron chi connectivity index (χ2n) is 6.45. The topological polar surface area (TPSA) is 64.4 Å². The van der Waals surface area contributed by atoms with E-state index in [0.717, 1.165) is 12.2 Å². The van der Waals surface area contributed by atoms with Crippen molar-refractivity contribution in [1.29, 1.82) is 0 Å². The Bertz CT molecular complexity index is 433. The number of hydrogen-bond acceptors (Lipinski definition) is 5. The van der Waals surface area contributed by atoms with Crippen LogP contribution in [-0.4, -0.2) is 24.1 Å². The summed E-state index contributed by atoms with van der Waals surface area (Å²) in [5, 5.41) is 3.15. The van der Waals surface area contributed by atoms with E-state index in [1.807, 2.05) is 0 Å². The summed E-state index contributed by atoms with van der Waals surface area (Å²) >= 11 is 0. The first-order valence-electron chi connectivity index (χ1n) is 7.00. The summed E-state index contributed by atoms with van der Waals surface area (Å²) in [4.78, 5) is 15.9. The van der Waals surface area contributed by atoms with Gasteiger partial charge in [-0.2, -0.15) is 0 Å². The molecule has 114 valence electrons. The Balaban J connectivity index is 2.63. The van der Waals surface area contributed by atoms with Crippen molar-refractivity contribution in [3.8, 4) is 0 Å². The molecule has 5 nitrogen and oxygen atoms in total. The average molecular weight is 282 g/mol. The maximum Gasteiger partial charge on any atom is 0.322 e. The molecule has 1 aromatic rings. The smallest absolute Gasteiger partial charge is 0.322 e. The Morgan fingerprint density at radius 3 is 2.55 bits per heavy atom. The van der Waals surface area contributed by atoms with E-state index < -0.39 is 0 Å². The minimum Gasteiger partial charge on any atom is -0.468 e. The van der Waals surface area contributed by atoms with Gasteiger partial charge < -0.3 is 9.15 Å². The molecule has 0 saturated heterocycles. The third-order valence-electron chi connectivity index (χ3n) is 2.99. The number of rotatable bonds is 6. The van der Waals surface area contributed by atoms with Gasteiger partial charge in [-0.3, -0.25) is 10.1 Å². The molecule has 0 amide bonds. The van der Waals surface area contributed by atoms with Crippen LogP contribution in [0, 0.1) is 5.92 Å². The van der Waals surface area contributed by atoms with Gasteiger partial charge in [0.25, 0.3) is 0 Å². The lowest BCUT2D eigenvalue weighted by Gasteiger charge is -2.17. The Kier molecular flexibility index (Phi) is 5.74. The summed E-state index contributed by atoms with van der Waals surface area (Å²) in [5.41, 5.74) is -0.0646. The number of esters is 1. The molecule has 1 atom stereocenters. The van der Waals surface area contributed by atoms with Crippen molar-refractivity contribution in [3.05, 3.63) is 17.8 Å². The monoisotopic (exact) mass is 282 g/mol.